The van der Waals surface area contributed by atoms with Gasteiger partial charge < -0.3 is 19.9 Å². The number of aromatic nitrogens is 1. The number of imide groups is 1. The Kier molecular flexibility index (Phi) is 7.64. The summed E-state index contributed by atoms with van der Waals surface area (Å²) in [6.45, 7) is 3.32. The number of nitrogens with one attached hydrogen (secondary N) is 2. The predicted octanol–water partition coefficient (Wildman–Crippen LogP) is 5.48. The number of anilines is 1. The number of halogens is 2. The highest BCUT2D eigenvalue weighted by molar-refractivity contribution is 6.16. The Balaban J connectivity index is 1.28. The number of aryl methyl sites for hydroxylation is 1. The van der Waals surface area contributed by atoms with Gasteiger partial charge in [0.15, 0.2) is 0 Å². The van der Waals surface area contributed by atoms with Crippen LogP contribution in [0, 0.1) is 25.5 Å². The van der Waals surface area contributed by atoms with Crippen LogP contribution in [0.3, 0.4) is 0 Å². The second kappa shape index (κ2) is 11.5. The number of hydrogen-bond acceptors (Lipinski definition) is 4. The maximum atomic E-state index is 13.9. The molecule has 2 N–H and O–H groups in total. The molecule has 0 spiro atoms. The number of urea groups is 1. The highest BCUT2D eigenvalue weighted by Gasteiger charge is 2.35. The summed E-state index contributed by atoms with van der Waals surface area (Å²) in [5, 5.41) is 4.88. The molecular weight excluding hydrogens is 530 g/mol. The molecule has 1 saturated heterocycles. The van der Waals surface area contributed by atoms with Crippen LogP contribution in [0.2, 0.25) is 0 Å². The molecule has 2 heterocycles. The van der Waals surface area contributed by atoms with Gasteiger partial charge in [-0.1, -0.05) is 30.3 Å². The predicted molar refractivity (Wildman–Crippen MR) is 149 cm³/mol. The quantitative estimate of drug-likeness (QED) is 0.222. The van der Waals surface area contributed by atoms with Crippen molar-refractivity contribution in [2.75, 3.05) is 11.9 Å². The van der Waals surface area contributed by atoms with E-state index in [4.69, 9.17) is 4.74 Å². The summed E-state index contributed by atoms with van der Waals surface area (Å²) in [6.07, 6.45) is 1.56. The Morgan fingerprint density at radius 1 is 0.951 bits per heavy atom. The van der Waals surface area contributed by atoms with E-state index >= 15 is 0 Å². The Hall–Kier alpha value is -5.25. The fourth-order valence-corrected chi connectivity index (χ4v) is 4.57. The van der Waals surface area contributed by atoms with Crippen LogP contribution in [0.5, 0.6) is 5.75 Å². The lowest BCUT2D eigenvalue weighted by atomic mass is 10.2. The largest absolute Gasteiger partial charge is 0.489 e. The minimum absolute atomic E-state index is 0.0193. The number of nitrogens with zero attached hydrogens (tertiary/aromatic N) is 2. The first-order valence-corrected chi connectivity index (χ1v) is 12.8. The van der Waals surface area contributed by atoms with Gasteiger partial charge in [-0.15, -0.1) is 0 Å². The molecule has 10 heteroatoms. The van der Waals surface area contributed by atoms with Crippen LogP contribution in [-0.4, -0.2) is 33.9 Å². The van der Waals surface area contributed by atoms with Crippen LogP contribution in [-0.2, 0) is 16.2 Å². The lowest BCUT2D eigenvalue weighted by molar-refractivity contribution is -0.127. The molecule has 1 aliphatic heterocycles. The van der Waals surface area contributed by atoms with Crippen LogP contribution in [0.4, 0.5) is 19.3 Å². The molecule has 4 aromatic rings. The summed E-state index contributed by atoms with van der Waals surface area (Å²) in [5.41, 5.74) is 3.67. The summed E-state index contributed by atoms with van der Waals surface area (Å²) in [4.78, 5) is 38.6. The number of rotatable bonds is 8. The van der Waals surface area contributed by atoms with E-state index in [0.29, 0.717) is 16.9 Å². The average Bonchev–Trinajstić information content (AvgIpc) is 3.38. The monoisotopic (exact) mass is 556 g/mol. The zero-order valence-electron chi connectivity index (χ0n) is 22.3. The number of amides is 4. The molecule has 41 heavy (non-hydrogen) atoms. The van der Waals surface area contributed by atoms with E-state index in [1.54, 1.807) is 42.5 Å². The standard InChI is InChI=1S/C31H26F2N4O4/c1-19-15-22(16-28-30(39)36(31(40)35-28)17-29(38)34-27-10-6-5-9-26(27)33)20(2)37(19)23-11-13-24(14-12-23)41-18-21-7-3-4-8-25(21)32/h3-16H,17-18H2,1-2H3,(H,34,38)(H,35,40)/b28-16+. The Labute approximate surface area is 234 Å². The first kappa shape index (κ1) is 27.3. The summed E-state index contributed by atoms with van der Waals surface area (Å²) >= 11 is 0. The molecule has 1 fully saturated rings. The smallest absolute Gasteiger partial charge is 0.329 e. The van der Waals surface area contributed by atoms with Crippen molar-refractivity contribution in [3.05, 3.63) is 119 Å². The Bertz CT molecular complexity index is 1680. The summed E-state index contributed by atoms with van der Waals surface area (Å²) < 4.78 is 35.4. The van der Waals surface area contributed by atoms with Crippen molar-refractivity contribution in [3.63, 3.8) is 0 Å². The van der Waals surface area contributed by atoms with Gasteiger partial charge in [0.1, 0.15) is 36.2 Å². The number of hydrogen-bond donors (Lipinski definition) is 2. The molecule has 0 saturated carbocycles. The van der Waals surface area contributed by atoms with Gasteiger partial charge in [0, 0.05) is 22.6 Å². The fourth-order valence-electron chi connectivity index (χ4n) is 4.57. The summed E-state index contributed by atoms with van der Waals surface area (Å²) in [6, 6.07) is 20.5. The molecule has 0 bridgehead atoms. The van der Waals surface area contributed by atoms with Crippen LogP contribution in [0.25, 0.3) is 11.8 Å². The van der Waals surface area contributed by atoms with Crippen molar-refractivity contribution in [2.45, 2.75) is 20.5 Å². The fraction of sp³-hybridized carbons (Fsp3) is 0.129. The van der Waals surface area contributed by atoms with Crippen molar-refractivity contribution < 1.29 is 27.9 Å². The number of ether oxygens (including phenoxy) is 1. The van der Waals surface area contributed by atoms with E-state index in [9.17, 15) is 23.2 Å². The first-order chi connectivity index (χ1) is 19.7. The second-order valence-corrected chi connectivity index (χ2v) is 9.44. The Morgan fingerprint density at radius 2 is 1.63 bits per heavy atom. The molecule has 1 aliphatic rings. The van der Waals surface area contributed by atoms with Gasteiger partial charge in [-0.25, -0.2) is 18.5 Å². The summed E-state index contributed by atoms with van der Waals surface area (Å²) in [5.74, 6) is -1.74. The maximum absolute atomic E-state index is 13.9. The number of carbonyl (C=O) groups is 3. The van der Waals surface area contributed by atoms with Crippen LogP contribution >= 0.6 is 0 Å². The zero-order valence-corrected chi connectivity index (χ0v) is 22.3. The van der Waals surface area contributed by atoms with Crippen molar-refractivity contribution >= 4 is 29.6 Å². The molecule has 3 aromatic carbocycles. The molecule has 0 unspecified atom stereocenters. The molecule has 5 rings (SSSR count). The first-order valence-electron chi connectivity index (χ1n) is 12.8. The van der Waals surface area contributed by atoms with Crippen molar-refractivity contribution in [1.82, 2.24) is 14.8 Å². The van der Waals surface area contributed by atoms with Gasteiger partial charge >= 0.3 is 6.03 Å². The Morgan fingerprint density at radius 3 is 2.34 bits per heavy atom. The van der Waals surface area contributed by atoms with Crippen LogP contribution < -0.4 is 15.4 Å². The average molecular weight is 557 g/mol. The number of benzene rings is 3. The van der Waals surface area contributed by atoms with Gasteiger partial charge in [-0.2, -0.15) is 0 Å². The van der Waals surface area contributed by atoms with E-state index in [1.165, 1.54) is 24.3 Å². The molecule has 0 radical (unpaired) electrons. The third-order valence-electron chi connectivity index (χ3n) is 6.63. The molecule has 0 atom stereocenters. The van der Waals surface area contributed by atoms with Crippen molar-refractivity contribution in [1.29, 1.82) is 0 Å². The SMILES string of the molecule is Cc1cc(/C=C2/NC(=O)N(CC(=O)Nc3ccccc3F)C2=O)c(C)n1-c1ccc(OCc2ccccc2F)cc1. The second-order valence-electron chi connectivity index (χ2n) is 9.44. The summed E-state index contributed by atoms with van der Waals surface area (Å²) in [7, 11) is 0. The molecule has 8 nitrogen and oxygen atoms in total. The van der Waals surface area contributed by atoms with Crippen LogP contribution in [0.1, 0.15) is 22.5 Å². The lowest BCUT2D eigenvalue weighted by Gasteiger charge is -2.12. The number of para-hydroxylation sites is 1. The molecule has 0 aliphatic carbocycles. The van der Waals surface area contributed by atoms with E-state index in [0.717, 1.165) is 22.0 Å². The van der Waals surface area contributed by atoms with Crippen molar-refractivity contribution in [3.8, 4) is 11.4 Å². The molecule has 1 aromatic heterocycles. The van der Waals surface area contributed by atoms with E-state index in [-0.39, 0.29) is 23.8 Å². The minimum atomic E-state index is -0.746. The minimum Gasteiger partial charge on any atom is -0.489 e. The molecular formula is C31H26F2N4O4. The van der Waals surface area contributed by atoms with Gasteiger partial charge in [-0.3, -0.25) is 9.59 Å². The zero-order chi connectivity index (χ0) is 29.1. The topological polar surface area (TPSA) is 92.7 Å². The third-order valence-corrected chi connectivity index (χ3v) is 6.63. The van der Waals surface area contributed by atoms with E-state index < -0.39 is 30.2 Å². The maximum Gasteiger partial charge on any atom is 0.329 e. The van der Waals surface area contributed by atoms with E-state index in [2.05, 4.69) is 10.6 Å². The highest BCUT2D eigenvalue weighted by Crippen LogP contribution is 2.26. The van der Waals surface area contributed by atoms with Crippen molar-refractivity contribution in [2.24, 2.45) is 0 Å². The van der Waals surface area contributed by atoms with Gasteiger partial charge in [0.25, 0.3) is 5.91 Å². The third kappa shape index (κ3) is 5.86. The normalized spacial score (nSPS) is 14.0. The highest BCUT2D eigenvalue weighted by atomic mass is 19.1. The number of carbonyl (C=O) groups excluding carboxylic acids is 3. The van der Waals surface area contributed by atoms with E-state index in [1.807, 2.05) is 36.6 Å². The van der Waals surface area contributed by atoms with Gasteiger partial charge in [-0.05, 0) is 74.0 Å². The molecule has 208 valence electrons. The molecule has 4 amide bonds. The van der Waals surface area contributed by atoms with Crippen LogP contribution in [0.15, 0.2) is 84.6 Å². The lowest BCUT2D eigenvalue weighted by Crippen LogP contribution is -2.38. The van der Waals surface area contributed by atoms with Gasteiger partial charge in [0.2, 0.25) is 5.91 Å². The van der Waals surface area contributed by atoms with Gasteiger partial charge in [0.05, 0.1) is 5.69 Å².